The molecule has 244 valence electrons. The van der Waals surface area contributed by atoms with Crippen molar-refractivity contribution in [2.45, 2.75) is 75.8 Å². The Kier molecular flexibility index (Phi) is 12.1. The van der Waals surface area contributed by atoms with E-state index in [9.17, 15) is 14.4 Å². The van der Waals surface area contributed by atoms with Gasteiger partial charge in [-0.3, -0.25) is 24.8 Å². The highest BCUT2D eigenvalue weighted by Crippen LogP contribution is 2.29. The number of aliphatic imine (C=N–C) groups is 1. The molecule has 0 saturated heterocycles. The van der Waals surface area contributed by atoms with E-state index in [4.69, 9.17) is 28.3 Å². The average molecular weight is 627 g/mol. The number of rotatable bonds is 15. The van der Waals surface area contributed by atoms with Crippen molar-refractivity contribution < 1.29 is 14.4 Å². The fourth-order valence-corrected chi connectivity index (χ4v) is 6.16. The number of carbonyl (C=O) groups is 3. The molecule has 3 aromatic carbocycles. The maximum absolute atomic E-state index is 14.2. The minimum atomic E-state index is -0.927. The van der Waals surface area contributed by atoms with E-state index in [1.807, 2.05) is 54.6 Å². The number of guanidine groups is 1. The zero-order chi connectivity index (χ0) is 33.1. The summed E-state index contributed by atoms with van der Waals surface area (Å²) < 4.78 is 0. The molecule has 0 aliphatic heterocycles. The lowest BCUT2D eigenvalue weighted by Crippen LogP contribution is -2.54. The van der Waals surface area contributed by atoms with Gasteiger partial charge in [0.1, 0.15) is 17.9 Å². The number of nitrogens with one attached hydrogen (secondary N) is 3. The number of carbonyl (C=O) groups excluding carboxylic acids is 3. The van der Waals surface area contributed by atoms with Crippen LogP contribution in [-0.4, -0.2) is 48.1 Å². The average Bonchev–Trinajstić information content (AvgIpc) is 3.04. The third-order valence-electron chi connectivity index (χ3n) is 8.73. The van der Waals surface area contributed by atoms with Crippen LogP contribution in [0.5, 0.6) is 0 Å². The Labute approximate surface area is 270 Å². The van der Waals surface area contributed by atoms with Gasteiger partial charge in [-0.2, -0.15) is 0 Å². The van der Waals surface area contributed by atoms with Gasteiger partial charge in [-0.25, -0.2) is 0 Å². The zero-order valence-corrected chi connectivity index (χ0v) is 26.2. The maximum Gasteiger partial charge on any atom is 0.243 e. The number of primary amides is 1. The smallest absolute Gasteiger partial charge is 0.243 e. The molecule has 3 atom stereocenters. The van der Waals surface area contributed by atoms with Crippen LogP contribution in [-0.2, 0) is 20.8 Å². The van der Waals surface area contributed by atoms with Gasteiger partial charge in [0.25, 0.3) is 0 Å². The monoisotopic (exact) mass is 626 g/mol. The Morgan fingerprint density at radius 2 is 1.50 bits per heavy atom. The molecule has 1 saturated carbocycles. The molecule has 1 aliphatic carbocycles. The highest BCUT2D eigenvalue weighted by molar-refractivity contribution is 5.95. The van der Waals surface area contributed by atoms with E-state index in [0.29, 0.717) is 31.4 Å². The fourth-order valence-electron chi connectivity index (χ4n) is 6.16. The molecule has 11 nitrogen and oxygen atoms in total. The van der Waals surface area contributed by atoms with Crippen LogP contribution < -0.4 is 33.6 Å². The summed E-state index contributed by atoms with van der Waals surface area (Å²) in [5.74, 6) is -1.80. The summed E-state index contributed by atoms with van der Waals surface area (Å²) >= 11 is 0. The summed E-state index contributed by atoms with van der Waals surface area (Å²) in [5.41, 5.74) is 24.4. The summed E-state index contributed by atoms with van der Waals surface area (Å²) in [4.78, 5) is 44.2. The van der Waals surface area contributed by atoms with Crippen LogP contribution in [0.15, 0.2) is 71.7 Å². The number of benzene rings is 3. The topological polar surface area (TPSA) is 216 Å². The zero-order valence-electron chi connectivity index (χ0n) is 26.2. The molecule has 46 heavy (non-hydrogen) atoms. The Bertz CT molecular complexity index is 1540. The maximum atomic E-state index is 14.2. The second kappa shape index (κ2) is 16.4. The van der Waals surface area contributed by atoms with Crippen molar-refractivity contribution in [3.05, 3.63) is 83.4 Å². The molecule has 1 aliphatic rings. The van der Waals surface area contributed by atoms with Gasteiger partial charge in [0.2, 0.25) is 17.7 Å². The van der Waals surface area contributed by atoms with Gasteiger partial charge < -0.3 is 33.6 Å². The van der Waals surface area contributed by atoms with Crippen LogP contribution in [0.3, 0.4) is 0 Å². The summed E-state index contributed by atoms with van der Waals surface area (Å²) in [5, 5.41) is 15.7. The Hall–Kier alpha value is -4.93. The van der Waals surface area contributed by atoms with E-state index in [0.717, 1.165) is 54.0 Å². The molecule has 0 unspecified atom stereocenters. The minimum absolute atomic E-state index is 0.0301. The summed E-state index contributed by atoms with van der Waals surface area (Å²) in [6.45, 7) is 0.297. The molecular weight excluding hydrogens is 580 g/mol. The Morgan fingerprint density at radius 1 is 0.826 bits per heavy atom. The van der Waals surface area contributed by atoms with E-state index in [1.165, 1.54) is 0 Å². The number of hydrogen-bond acceptors (Lipinski definition) is 5. The van der Waals surface area contributed by atoms with Crippen LogP contribution in [0.4, 0.5) is 0 Å². The van der Waals surface area contributed by atoms with Crippen molar-refractivity contribution in [3.8, 4) is 0 Å². The Morgan fingerprint density at radius 3 is 2.15 bits per heavy atom. The molecular formula is C35H46N8O3. The van der Waals surface area contributed by atoms with Crippen molar-refractivity contribution in [2.75, 3.05) is 6.54 Å². The third-order valence-corrected chi connectivity index (χ3v) is 8.73. The third kappa shape index (κ3) is 9.79. The first-order valence-electron chi connectivity index (χ1n) is 16.0. The number of nitrogens with zero attached hydrogens (tertiary/aromatic N) is 1. The summed E-state index contributed by atoms with van der Waals surface area (Å²) in [6.07, 6.45) is 6.82. The first kappa shape index (κ1) is 34.0. The van der Waals surface area contributed by atoms with Gasteiger partial charge in [0.05, 0.1) is 5.92 Å². The minimum Gasteiger partial charge on any atom is -0.384 e. The molecule has 11 heteroatoms. The second-order valence-electron chi connectivity index (χ2n) is 12.2. The van der Waals surface area contributed by atoms with Crippen LogP contribution in [0.2, 0.25) is 0 Å². The lowest BCUT2D eigenvalue weighted by molar-refractivity contribution is -0.132. The first-order valence-corrected chi connectivity index (χ1v) is 16.0. The Balaban J connectivity index is 1.60. The number of fused-ring (bicyclic) bond motifs is 1. The number of nitrogen functional groups attached to an aromatic ring is 1. The number of hydrogen-bond donors (Lipinski definition) is 7. The lowest BCUT2D eigenvalue weighted by Gasteiger charge is -2.29. The van der Waals surface area contributed by atoms with Crippen LogP contribution in [0.1, 0.15) is 74.0 Å². The molecule has 1 fully saturated rings. The normalized spacial score (nSPS) is 15.3. The fraction of sp³-hybridized carbons (Fsp3) is 0.400. The molecule has 3 aromatic rings. The molecule has 3 amide bonds. The van der Waals surface area contributed by atoms with Gasteiger partial charge in [0.15, 0.2) is 5.96 Å². The second-order valence-corrected chi connectivity index (χ2v) is 12.2. The highest BCUT2D eigenvalue weighted by Gasteiger charge is 2.31. The van der Waals surface area contributed by atoms with E-state index in [2.05, 4.69) is 15.6 Å². The first-order chi connectivity index (χ1) is 22.1. The van der Waals surface area contributed by atoms with Crippen molar-refractivity contribution in [1.82, 2.24) is 10.6 Å². The predicted octanol–water partition coefficient (Wildman–Crippen LogP) is 2.93. The molecule has 0 radical (unpaired) electrons. The number of amidine groups is 1. The van der Waals surface area contributed by atoms with E-state index in [-0.39, 0.29) is 30.0 Å². The quantitative estimate of drug-likeness (QED) is 0.0764. The van der Waals surface area contributed by atoms with Gasteiger partial charge in [-0.1, -0.05) is 98.8 Å². The summed E-state index contributed by atoms with van der Waals surface area (Å²) in [6, 6.07) is 19.4. The van der Waals surface area contributed by atoms with Gasteiger partial charge in [0, 0.05) is 12.1 Å². The SMILES string of the molecule is N=C(N)c1ccc(C[C@@H](C(=O)N[C@@H](CC2CCCCC2)C(=O)N[C@@H](CCCN=C(N)N)C(N)=O)c2ccc3ccccc3c2)cc1. The molecule has 4 rings (SSSR count). The highest BCUT2D eigenvalue weighted by atomic mass is 16.2. The number of nitrogens with two attached hydrogens (primary N) is 4. The lowest BCUT2D eigenvalue weighted by atomic mass is 9.84. The van der Waals surface area contributed by atoms with Crippen molar-refractivity contribution in [2.24, 2.45) is 33.8 Å². The van der Waals surface area contributed by atoms with E-state index < -0.39 is 29.8 Å². The van der Waals surface area contributed by atoms with Crippen molar-refractivity contribution in [1.29, 1.82) is 5.41 Å². The standard InChI is InChI=1S/C35H46N8O3/c36-31(37)25-14-12-23(13-15-25)19-28(27-17-16-24-9-4-5-10-26(24)21-27)33(45)43-30(20-22-7-2-1-3-8-22)34(46)42-29(32(38)44)11-6-18-41-35(39)40/h4-5,9-10,12-17,21-22,28-30H,1-3,6-8,11,18-20H2,(H3,36,37)(H2,38,44)(H,42,46)(H,43,45)(H4,39,40,41)/t28-,29+,30+/m1/s1. The molecule has 11 N–H and O–H groups in total. The largest absolute Gasteiger partial charge is 0.384 e. The van der Waals surface area contributed by atoms with Gasteiger partial charge >= 0.3 is 0 Å². The van der Waals surface area contributed by atoms with Gasteiger partial charge in [-0.15, -0.1) is 0 Å². The van der Waals surface area contributed by atoms with Gasteiger partial charge in [-0.05, 0) is 53.5 Å². The van der Waals surface area contributed by atoms with E-state index >= 15 is 0 Å². The molecule has 0 bridgehead atoms. The number of amides is 3. The summed E-state index contributed by atoms with van der Waals surface area (Å²) in [7, 11) is 0. The molecule has 0 heterocycles. The van der Waals surface area contributed by atoms with Crippen molar-refractivity contribution >= 4 is 40.3 Å². The van der Waals surface area contributed by atoms with E-state index in [1.54, 1.807) is 12.1 Å². The van der Waals surface area contributed by atoms with Crippen LogP contribution >= 0.6 is 0 Å². The molecule has 0 spiro atoms. The van der Waals surface area contributed by atoms with Crippen LogP contribution in [0.25, 0.3) is 10.8 Å². The predicted molar refractivity (Wildman–Crippen MR) is 182 cm³/mol. The molecule has 0 aromatic heterocycles. The van der Waals surface area contributed by atoms with Crippen LogP contribution in [0, 0.1) is 11.3 Å². The van der Waals surface area contributed by atoms with Crippen molar-refractivity contribution in [3.63, 3.8) is 0 Å².